The van der Waals surface area contributed by atoms with Gasteiger partial charge in [0, 0.05) is 43.7 Å². The molecule has 5 rings (SSSR count). The molecule has 1 aliphatic heterocycles. The van der Waals surface area contributed by atoms with Crippen LogP contribution in [0.4, 0.5) is 0 Å². The molecule has 2 unspecified atom stereocenters. The van der Waals surface area contributed by atoms with Crippen molar-refractivity contribution in [2.45, 2.75) is 25.5 Å². The van der Waals surface area contributed by atoms with Crippen molar-refractivity contribution in [1.82, 2.24) is 15.5 Å². The van der Waals surface area contributed by atoms with Gasteiger partial charge in [0.2, 0.25) is 5.91 Å². The van der Waals surface area contributed by atoms with Crippen molar-refractivity contribution >= 4 is 23.2 Å². The third-order valence-electron chi connectivity index (χ3n) is 6.94. The number of benzene rings is 3. The standard InChI is InChI=1S/C32H33N3O3S/c1-23(36)34-22-30(25-12-6-3-7-13-25)38-29-15-9-8-14-27(29)28-16-19-39-31(28)32(37)35-18-17-33-21-26(35)20-24-10-4-2-5-11-24/h2-16,19,26,30,33H,17-18,20-22H2,1H3,(H,34,36). The molecule has 2 atom stereocenters. The first-order valence-electron chi connectivity index (χ1n) is 13.3. The fourth-order valence-electron chi connectivity index (χ4n) is 4.99. The summed E-state index contributed by atoms with van der Waals surface area (Å²) >= 11 is 1.47. The molecule has 200 valence electrons. The van der Waals surface area contributed by atoms with E-state index in [0.29, 0.717) is 23.7 Å². The molecule has 2 N–H and O–H groups in total. The summed E-state index contributed by atoms with van der Waals surface area (Å²) in [4.78, 5) is 28.4. The first-order valence-corrected chi connectivity index (χ1v) is 14.2. The van der Waals surface area contributed by atoms with Gasteiger partial charge in [-0.3, -0.25) is 9.59 Å². The molecule has 0 aliphatic carbocycles. The van der Waals surface area contributed by atoms with Gasteiger partial charge in [0.15, 0.2) is 0 Å². The van der Waals surface area contributed by atoms with Crippen LogP contribution in [0, 0.1) is 0 Å². The minimum Gasteiger partial charge on any atom is -0.483 e. The highest BCUT2D eigenvalue weighted by molar-refractivity contribution is 7.12. The molecule has 0 saturated carbocycles. The third-order valence-corrected chi connectivity index (χ3v) is 7.84. The Kier molecular flexibility index (Phi) is 8.71. The first kappa shape index (κ1) is 26.7. The molecule has 0 spiro atoms. The summed E-state index contributed by atoms with van der Waals surface area (Å²) in [5, 5.41) is 8.32. The monoisotopic (exact) mass is 539 g/mol. The molecule has 7 heteroatoms. The molecule has 39 heavy (non-hydrogen) atoms. The number of carbonyl (C=O) groups is 2. The molecule has 0 bridgehead atoms. The van der Waals surface area contributed by atoms with Crippen LogP contribution < -0.4 is 15.4 Å². The van der Waals surface area contributed by atoms with E-state index in [2.05, 4.69) is 22.8 Å². The maximum atomic E-state index is 14.0. The molecule has 6 nitrogen and oxygen atoms in total. The van der Waals surface area contributed by atoms with Crippen LogP contribution in [0.3, 0.4) is 0 Å². The fraction of sp³-hybridized carbons (Fsp3) is 0.250. The Bertz CT molecular complexity index is 1390. The Hall–Kier alpha value is -3.94. The summed E-state index contributed by atoms with van der Waals surface area (Å²) in [6.45, 7) is 4.05. The largest absolute Gasteiger partial charge is 0.483 e. The summed E-state index contributed by atoms with van der Waals surface area (Å²) in [7, 11) is 0. The number of hydrogen-bond acceptors (Lipinski definition) is 5. The minimum atomic E-state index is -0.377. The number of ether oxygens (including phenoxy) is 1. The van der Waals surface area contributed by atoms with E-state index in [1.807, 2.05) is 89.1 Å². The zero-order valence-electron chi connectivity index (χ0n) is 22.0. The molecule has 1 aromatic heterocycles. The summed E-state index contributed by atoms with van der Waals surface area (Å²) in [6.07, 6.45) is 0.430. The fourth-order valence-corrected chi connectivity index (χ4v) is 5.85. The van der Waals surface area contributed by atoms with E-state index in [4.69, 9.17) is 4.74 Å². The molecule has 3 aromatic carbocycles. The summed E-state index contributed by atoms with van der Waals surface area (Å²) in [5.74, 6) is 0.611. The van der Waals surface area contributed by atoms with Crippen LogP contribution in [-0.2, 0) is 11.2 Å². The third kappa shape index (κ3) is 6.56. The van der Waals surface area contributed by atoms with Gasteiger partial charge in [-0.05, 0) is 35.1 Å². The zero-order chi connectivity index (χ0) is 27.0. The first-order chi connectivity index (χ1) is 19.1. The number of carbonyl (C=O) groups excluding carboxylic acids is 2. The lowest BCUT2D eigenvalue weighted by atomic mass is 10.0. The van der Waals surface area contributed by atoms with Gasteiger partial charge in [-0.25, -0.2) is 0 Å². The second-order valence-corrected chi connectivity index (χ2v) is 10.6. The van der Waals surface area contributed by atoms with Gasteiger partial charge in [0.05, 0.1) is 11.4 Å². The highest BCUT2D eigenvalue weighted by atomic mass is 32.1. The Balaban J connectivity index is 1.42. The van der Waals surface area contributed by atoms with E-state index in [1.165, 1.54) is 23.8 Å². The van der Waals surface area contributed by atoms with Crippen LogP contribution in [0.15, 0.2) is 96.4 Å². The van der Waals surface area contributed by atoms with Crippen LogP contribution in [0.2, 0.25) is 0 Å². The van der Waals surface area contributed by atoms with Gasteiger partial charge >= 0.3 is 0 Å². The molecule has 1 aliphatic rings. The number of hydrogen-bond donors (Lipinski definition) is 2. The predicted octanol–water partition coefficient (Wildman–Crippen LogP) is 5.33. The van der Waals surface area contributed by atoms with E-state index in [0.717, 1.165) is 36.2 Å². The van der Waals surface area contributed by atoms with Crippen LogP contribution in [-0.4, -0.2) is 48.9 Å². The van der Waals surface area contributed by atoms with E-state index in [-0.39, 0.29) is 24.0 Å². The van der Waals surface area contributed by atoms with E-state index in [9.17, 15) is 9.59 Å². The summed E-state index contributed by atoms with van der Waals surface area (Å²) in [6, 6.07) is 30.1. The summed E-state index contributed by atoms with van der Waals surface area (Å²) in [5.41, 5.74) is 3.91. The quantitative estimate of drug-likeness (QED) is 0.302. The lowest BCUT2D eigenvalue weighted by Gasteiger charge is -2.36. The highest BCUT2D eigenvalue weighted by Crippen LogP contribution is 2.38. The van der Waals surface area contributed by atoms with Crippen LogP contribution in [0.5, 0.6) is 5.75 Å². The second-order valence-electron chi connectivity index (χ2n) is 9.66. The Morgan fingerprint density at radius 1 is 0.974 bits per heavy atom. The highest BCUT2D eigenvalue weighted by Gasteiger charge is 2.30. The molecule has 0 radical (unpaired) electrons. The van der Waals surface area contributed by atoms with E-state index < -0.39 is 0 Å². The second kappa shape index (κ2) is 12.7. The van der Waals surface area contributed by atoms with E-state index >= 15 is 0 Å². The van der Waals surface area contributed by atoms with Crippen molar-refractivity contribution in [1.29, 1.82) is 0 Å². The van der Waals surface area contributed by atoms with Crippen molar-refractivity contribution < 1.29 is 14.3 Å². The maximum absolute atomic E-state index is 14.0. The number of rotatable bonds is 9. The number of thiophene rings is 1. The lowest BCUT2D eigenvalue weighted by molar-refractivity contribution is -0.119. The molecule has 2 heterocycles. The molecular weight excluding hydrogens is 506 g/mol. The van der Waals surface area contributed by atoms with Crippen molar-refractivity contribution in [3.63, 3.8) is 0 Å². The SMILES string of the molecule is CC(=O)NCC(Oc1ccccc1-c1ccsc1C(=O)N1CCNCC1Cc1ccccc1)c1ccccc1. The number of nitrogens with one attached hydrogen (secondary N) is 2. The zero-order valence-corrected chi connectivity index (χ0v) is 22.8. The molecular formula is C32H33N3O3S. The van der Waals surface area contributed by atoms with Crippen molar-refractivity contribution in [2.24, 2.45) is 0 Å². The van der Waals surface area contributed by atoms with Crippen molar-refractivity contribution in [3.8, 4) is 16.9 Å². The number of piperazine rings is 1. The van der Waals surface area contributed by atoms with Gasteiger partial charge in [-0.1, -0.05) is 78.9 Å². The van der Waals surface area contributed by atoms with E-state index in [1.54, 1.807) is 0 Å². The normalized spacial score (nSPS) is 15.9. The van der Waals surface area contributed by atoms with Gasteiger partial charge < -0.3 is 20.3 Å². The topological polar surface area (TPSA) is 70.7 Å². The minimum absolute atomic E-state index is 0.0510. The van der Waals surface area contributed by atoms with Gasteiger partial charge in [-0.2, -0.15) is 0 Å². The summed E-state index contributed by atoms with van der Waals surface area (Å²) < 4.78 is 6.54. The van der Waals surface area contributed by atoms with Gasteiger partial charge in [0.1, 0.15) is 11.9 Å². The predicted molar refractivity (Wildman–Crippen MR) is 156 cm³/mol. The average molecular weight is 540 g/mol. The number of amides is 2. The average Bonchev–Trinajstić information content (AvgIpc) is 3.46. The Labute approximate surface area is 233 Å². The Morgan fingerprint density at radius 3 is 2.46 bits per heavy atom. The van der Waals surface area contributed by atoms with Crippen LogP contribution >= 0.6 is 11.3 Å². The van der Waals surface area contributed by atoms with Crippen LogP contribution in [0.25, 0.3) is 11.1 Å². The molecule has 1 saturated heterocycles. The van der Waals surface area contributed by atoms with Gasteiger partial charge in [0.25, 0.3) is 5.91 Å². The molecule has 4 aromatic rings. The number of nitrogens with zero attached hydrogens (tertiary/aromatic N) is 1. The lowest BCUT2D eigenvalue weighted by Crippen LogP contribution is -2.54. The molecule has 1 fully saturated rings. The molecule has 2 amide bonds. The van der Waals surface area contributed by atoms with Crippen molar-refractivity contribution in [2.75, 3.05) is 26.2 Å². The van der Waals surface area contributed by atoms with Crippen LogP contribution in [0.1, 0.15) is 33.8 Å². The number of para-hydroxylation sites is 1. The maximum Gasteiger partial charge on any atom is 0.264 e. The van der Waals surface area contributed by atoms with Gasteiger partial charge in [-0.15, -0.1) is 11.3 Å². The Morgan fingerprint density at radius 2 is 1.69 bits per heavy atom. The smallest absolute Gasteiger partial charge is 0.264 e. The van der Waals surface area contributed by atoms with Crippen molar-refractivity contribution in [3.05, 3.63) is 112 Å².